The Morgan fingerprint density at radius 3 is 2.21 bits per heavy atom. The average molecular weight is 423 g/mol. The Labute approximate surface area is 140 Å². The van der Waals surface area contributed by atoms with Crippen LogP contribution in [0.3, 0.4) is 0 Å². The highest BCUT2D eigenvalue weighted by Crippen LogP contribution is 2.39. The van der Waals surface area contributed by atoms with Gasteiger partial charge in [0, 0.05) is 14.0 Å². The highest BCUT2D eigenvalue weighted by Gasteiger charge is 2.18. The fourth-order valence-electron chi connectivity index (χ4n) is 1.87. The van der Waals surface area contributed by atoms with E-state index in [4.69, 9.17) is 23.2 Å². The first-order valence-electron chi connectivity index (χ1n) is 5.76. The molecule has 2 aromatic carbocycles. The molecule has 0 aliphatic rings. The molecule has 4 heteroatoms. The molecule has 0 bridgehead atoms. The largest absolute Gasteiger partial charge is 0.112 e. The summed E-state index contributed by atoms with van der Waals surface area (Å²) in [5, 5.41) is 0.437. The van der Waals surface area contributed by atoms with Gasteiger partial charge in [-0.2, -0.15) is 0 Å². The van der Waals surface area contributed by atoms with Gasteiger partial charge in [-0.3, -0.25) is 0 Å². The van der Waals surface area contributed by atoms with Crippen molar-refractivity contribution in [2.75, 3.05) is 0 Å². The maximum atomic E-state index is 6.59. The second-order valence-electron chi connectivity index (χ2n) is 4.49. The van der Waals surface area contributed by atoms with E-state index in [2.05, 4.69) is 44.8 Å². The number of hydrogen-bond acceptors (Lipinski definition) is 0. The second-order valence-corrected chi connectivity index (χ2v) is 7.10. The third kappa shape index (κ3) is 3.36. The van der Waals surface area contributed by atoms with Gasteiger partial charge in [0.2, 0.25) is 0 Å². The summed E-state index contributed by atoms with van der Waals surface area (Å²) in [4.78, 5) is 0. The van der Waals surface area contributed by atoms with Gasteiger partial charge in [0.1, 0.15) is 0 Å². The van der Waals surface area contributed by atoms with Crippen LogP contribution in [-0.4, -0.2) is 0 Å². The third-order valence-electron chi connectivity index (χ3n) is 3.12. The summed E-state index contributed by atoms with van der Waals surface area (Å²) in [6.45, 7) is 4.11. The van der Waals surface area contributed by atoms with Crippen molar-refractivity contribution in [3.63, 3.8) is 0 Å². The predicted octanol–water partition coefficient (Wildman–Crippen LogP) is 6.81. The number of alkyl halides is 1. The minimum atomic E-state index is -0.269. The molecule has 0 fully saturated rings. The number of benzene rings is 2. The first-order valence-corrected chi connectivity index (χ1v) is 8.16. The molecule has 1 unspecified atom stereocenters. The molecule has 1 atom stereocenters. The fourth-order valence-corrected chi connectivity index (χ4v) is 4.03. The predicted molar refractivity (Wildman–Crippen MR) is 90.5 cm³/mol. The standard InChI is InChI=1S/C15H12Br2Cl2/c1-8-5-12(14(18)6-9(8)2)15(19)11-4-3-10(16)7-13(11)17/h3-7,15H,1-2H3. The Balaban J connectivity index is 2.49. The molecule has 0 heterocycles. The second kappa shape index (κ2) is 6.17. The lowest BCUT2D eigenvalue weighted by atomic mass is 10.00. The molecule has 0 nitrogen and oxygen atoms in total. The lowest BCUT2D eigenvalue weighted by Crippen LogP contribution is -1.97. The molecule has 0 aliphatic carbocycles. The molecular weight excluding hydrogens is 411 g/mol. The number of hydrogen-bond donors (Lipinski definition) is 0. The highest BCUT2D eigenvalue weighted by molar-refractivity contribution is 9.11. The summed E-state index contributed by atoms with van der Waals surface area (Å²) in [6.07, 6.45) is 0. The first-order chi connectivity index (χ1) is 8.90. The molecule has 19 heavy (non-hydrogen) atoms. The summed E-state index contributed by atoms with van der Waals surface area (Å²) in [5.41, 5.74) is 4.32. The topological polar surface area (TPSA) is 0 Å². The summed E-state index contributed by atoms with van der Waals surface area (Å²) >= 11 is 19.9. The van der Waals surface area contributed by atoms with Crippen LogP contribution in [0, 0.1) is 13.8 Å². The number of rotatable bonds is 2. The van der Waals surface area contributed by atoms with Crippen molar-refractivity contribution < 1.29 is 0 Å². The first kappa shape index (κ1) is 15.4. The fraction of sp³-hybridized carbons (Fsp3) is 0.200. The smallest absolute Gasteiger partial charge is 0.0860 e. The molecular formula is C15H12Br2Cl2. The van der Waals surface area contributed by atoms with Gasteiger partial charge in [0.25, 0.3) is 0 Å². The monoisotopic (exact) mass is 420 g/mol. The van der Waals surface area contributed by atoms with Crippen molar-refractivity contribution in [1.82, 2.24) is 0 Å². The zero-order valence-corrected chi connectivity index (χ0v) is 15.2. The van der Waals surface area contributed by atoms with E-state index in [1.54, 1.807) is 0 Å². The van der Waals surface area contributed by atoms with Crippen LogP contribution >= 0.6 is 55.1 Å². The van der Waals surface area contributed by atoms with E-state index in [-0.39, 0.29) is 5.38 Å². The molecule has 100 valence electrons. The molecule has 0 amide bonds. The maximum absolute atomic E-state index is 6.59. The van der Waals surface area contributed by atoms with E-state index in [0.29, 0.717) is 5.02 Å². The van der Waals surface area contributed by atoms with E-state index in [1.807, 2.05) is 31.2 Å². The SMILES string of the molecule is Cc1cc(Cl)c(C(Cl)c2ccc(Br)cc2Br)cc1C. The lowest BCUT2D eigenvalue weighted by molar-refractivity contribution is 1.11. The Morgan fingerprint density at radius 2 is 1.58 bits per heavy atom. The van der Waals surface area contributed by atoms with Gasteiger partial charge < -0.3 is 0 Å². The van der Waals surface area contributed by atoms with Crippen LogP contribution in [0.15, 0.2) is 39.3 Å². The van der Waals surface area contributed by atoms with Crippen molar-refractivity contribution >= 4 is 55.1 Å². The van der Waals surface area contributed by atoms with E-state index >= 15 is 0 Å². The summed E-state index contributed by atoms with van der Waals surface area (Å²) < 4.78 is 1.98. The number of aryl methyl sites for hydroxylation is 2. The van der Waals surface area contributed by atoms with Crippen molar-refractivity contribution in [1.29, 1.82) is 0 Å². The van der Waals surface area contributed by atoms with E-state index in [0.717, 1.165) is 20.1 Å². The van der Waals surface area contributed by atoms with Crippen LogP contribution in [0.25, 0.3) is 0 Å². The van der Waals surface area contributed by atoms with Gasteiger partial charge in [0.05, 0.1) is 5.38 Å². The molecule has 0 aliphatic heterocycles. The van der Waals surface area contributed by atoms with E-state index in [9.17, 15) is 0 Å². The summed E-state index contributed by atoms with van der Waals surface area (Å²) in [7, 11) is 0. The van der Waals surface area contributed by atoms with Gasteiger partial charge >= 0.3 is 0 Å². The Kier molecular flexibility index (Phi) is 4.99. The van der Waals surface area contributed by atoms with Crippen LogP contribution in [0.2, 0.25) is 5.02 Å². The quantitative estimate of drug-likeness (QED) is 0.466. The summed E-state index contributed by atoms with van der Waals surface area (Å²) in [6, 6.07) is 9.99. The van der Waals surface area contributed by atoms with Gasteiger partial charge in [-0.1, -0.05) is 55.6 Å². The number of halogens is 4. The van der Waals surface area contributed by atoms with Crippen molar-refractivity contribution in [3.05, 3.63) is 66.6 Å². The van der Waals surface area contributed by atoms with Crippen molar-refractivity contribution in [2.24, 2.45) is 0 Å². The average Bonchev–Trinajstić information content (AvgIpc) is 2.33. The normalized spacial score (nSPS) is 12.5. The zero-order chi connectivity index (χ0) is 14.2. The lowest BCUT2D eigenvalue weighted by Gasteiger charge is -2.16. The van der Waals surface area contributed by atoms with Crippen LogP contribution in [0.5, 0.6) is 0 Å². The Morgan fingerprint density at radius 1 is 0.947 bits per heavy atom. The molecule has 0 spiro atoms. The van der Waals surface area contributed by atoms with Gasteiger partial charge in [-0.25, -0.2) is 0 Å². The van der Waals surface area contributed by atoms with Gasteiger partial charge in [0.15, 0.2) is 0 Å². The highest BCUT2D eigenvalue weighted by atomic mass is 79.9. The molecule has 2 aromatic rings. The Hall–Kier alpha value is -0.0200. The van der Waals surface area contributed by atoms with Gasteiger partial charge in [-0.15, -0.1) is 11.6 Å². The van der Waals surface area contributed by atoms with Crippen LogP contribution in [0.4, 0.5) is 0 Å². The maximum Gasteiger partial charge on any atom is 0.0860 e. The molecule has 0 N–H and O–H groups in total. The molecule has 0 aromatic heterocycles. The summed E-state index contributed by atoms with van der Waals surface area (Å²) in [5.74, 6) is 0. The van der Waals surface area contributed by atoms with Crippen molar-refractivity contribution in [2.45, 2.75) is 19.2 Å². The van der Waals surface area contributed by atoms with Gasteiger partial charge in [-0.05, 0) is 54.3 Å². The van der Waals surface area contributed by atoms with E-state index in [1.165, 1.54) is 11.1 Å². The third-order valence-corrected chi connectivity index (χ3v) is 5.10. The molecule has 0 radical (unpaired) electrons. The molecule has 0 saturated carbocycles. The minimum absolute atomic E-state index is 0.269. The van der Waals surface area contributed by atoms with Crippen LogP contribution in [0.1, 0.15) is 27.6 Å². The van der Waals surface area contributed by atoms with Crippen molar-refractivity contribution in [3.8, 4) is 0 Å². The molecule has 0 saturated heterocycles. The van der Waals surface area contributed by atoms with Crippen LogP contribution in [-0.2, 0) is 0 Å². The Bertz CT molecular complexity index is 624. The molecule has 2 rings (SSSR count). The van der Waals surface area contributed by atoms with E-state index < -0.39 is 0 Å². The zero-order valence-electron chi connectivity index (χ0n) is 10.5. The van der Waals surface area contributed by atoms with Crippen LogP contribution < -0.4 is 0 Å². The minimum Gasteiger partial charge on any atom is -0.112 e.